The van der Waals surface area contributed by atoms with Crippen molar-refractivity contribution < 1.29 is 9.26 Å². The molecule has 0 saturated carbocycles. The summed E-state index contributed by atoms with van der Waals surface area (Å²) in [5.41, 5.74) is 4.28. The first kappa shape index (κ1) is 16.5. The predicted molar refractivity (Wildman–Crippen MR) is 103 cm³/mol. The molecule has 0 spiro atoms. The van der Waals surface area contributed by atoms with Crippen LogP contribution in [0.2, 0.25) is 0 Å². The van der Waals surface area contributed by atoms with Crippen molar-refractivity contribution in [3.63, 3.8) is 0 Å². The van der Waals surface area contributed by atoms with Gasteiger partial charge in [-0.25, -0.2) is 0 Å². The molecule has 26 heavy (non-hydrogen) atoms. The smallest absolute Gasteiger partial charge is 0.258 e. The minimum atomic E-state index is 0.524. The van der Waals surface area contributed by atoms with Crippen molar-refractivity contribution in [1.29, 1.82) is 0 Å². The second-order valence-corrected chi connectivity index (χ2v) is 7.05. The van der Waals surface area contributed by atoms with E-state index in [2.05, 4.69) is 36.1 Å². The van der Waals surface area contributed by atoms with E-state index >= 15 is 0 Å². The minimum Gasteiger partial charge on any atom is -0.488 e. The molecule has 2 aromatic carbocycles. The molecule has 0 saturated heterocycles. The number of benzene rings is 2. The molecule has 0 fully saturated rings. The van der Waals surface area contributed by atoms with E-state index in [0.717, 1.165) is 32.9 Å². The van der Waals surface area contributed by atoms with Crippen molar-refractivity contribution in [3.8, 4) is 27.9 Å². The molecule has 4 aromatic rings. The van der Waals surface area contributed by atoms with Crippen molar-refractivity contribution in [3.05, 3.63) is 76.7 Å². The molecule has 2 aromatic heterocycles. The summed E-state index contributed by atoms with van der Waals surface area (Å²) in [6, 6.07) is 18.1. The fourth-order valence-corrected chi connectivity index (χ4v) is 3.42. The monoisotopic (exact) mass is 362 g/mol. The second-order valence-electron chi connectivity index (χ2n) is 6.11. The van der Waals surface area contributed by atoms with E-state index in [4.69, 9.17) is 9.26 Å². The molecular weight excluding hydrogens is 344 g/mol. The van der Waals surface area contributed by atoms with E-state index in [1.807, 2.05) is 47.8 Å². The van der Waals surface area contributed by atoms with Crippen molar-refractivity contribution in [2.75, 3.05) is 0 Å². The number of hydrogen-bond acceptors (Lipinski definition) is 5. The average Bonchev–Trinajstić information content (AvgIpc) is 3.33. The summed E-state index contributed by atoms with van der Waals surface area (Å²) in [6.45, 7) is 4.65. The molecule has 4 rings (SSSR count). The van der Waals surface area contributed by atoms with Crippen LogP contribution in [0.3, 0.4) is 0 Å². The first-order chi connectivity index (χ1) is 12.7. The van der Waals surface area contributed by atoms with Crippen LogP contribution in [0, 0.1) is 13.8 Å². The van der Waals surface area contributed by atoms with Gasteiger partial charge in [-0.1, -0.05) is 41.6 Å². The maximum atomic E-state index is 6.00. The fourth-order valence-electron chi connectivity index (χ4n) is 2.77. The maximum Gasteiger partial charge on any atom is 0.258 e. The molecule has 0 aliphatic carbocycles. The van der Waals surface area contributed by atoms with Gasteiger partial charge in [0.1, 0.15) is 12.4 Å². The highest BCUT2D eigenvalue weighted by molar-refractivity contribution is 7.13. The Labute approximate surface area is 156 Å². The van der Waals surface area contributed by atoms with Crippen molar-refractivity contribution in [1.82, 2.24) is 10.1 Å². The summed E-state index contributed by atoms with van der Waals surface area (Å²) in [6.07, 6.45) is 0. The van der Waals surface area contributed by atoms with E-state index < -0.39 is 0 Å². The lowest BCUT2D eigenvalue weighted by Crippen LogP contribution is -1.98. The Balaban J connectivity index is 1.47. The summed E-state index contributed by atoms with van der Waals surface area (Å²) >= 11 is 1.59. The largest absolute Gasteiger partial charge is 0.488 e. The SMILES string of the molecule is Cc1cccc(C)c1OCc1ccc(-c2nc(-c3cccs3)no2)cc1. The topological polar surface area (TPSA) is 48.2 Å². The molecule has 5 heteroatoms. The summed E-state index contributed by atoms with van der Waals surface area (Å²) in [4.78, 5) is 5.47. The van der Waals surface area contributed by atoms with Crippen LogP contribution in [-0.4, -0.2) is 10.1 Å². The molecule has 130 valence electrons. The van der Waals surface area contributed by atoms with Gasteiger partial charge < -0.3 is 9.26 Å². The lowest BCUT2D eigenvalue weighted by molar-refractivity contribution is 0.302. The first-order valence-electron chi connectivity index (χ1n) is 8.36. The number of thiophene rings is 1. The first-order valence-corrected chi connectivity index (χ1v) is 9.24. The molecule has 0 unspecified atom stereocenters. The van der Waals surface area contributed by atoms with Gasteiger partial charge in [-0.3, -0.25) is 0 Å². The van der Waals surface area contributed by atoms with Gasteiger partial charge in [-0.05, 0) is 54.1 Å². The number of aromatic nitrogens is 2. The Morgan fingerprint density at radius 2 is 1.73 bits per heavy atom. The molecule has 0 radical (unpaired) electrons. The lowest BCUT2D eigenvalue weighted by atomic mass is 10.1. The van der Waals surface area contributed by atoms with Gasteiger partial charge in [0.05, 0.1) is 4.88 Å². The van der Waals surface area contributed by atoms with Gasteiger partial charge in [0, 0.05) is 5.56 Å². The third kappa shape index (κ3) is 3.39. The van der Waals surface area contributed by atoms with Crippen LogP contribution < -0.4 is 4.74 Å². The average molecular weight is 362 g/mol. The van der Waals surface area contributed by atoms with Crippen LogP contribution in [-0.2, 0) is 6.61 Å². The van der Waals surface area contributed by atoms with Crippen LogP contribution in [0.15, 0.2) is 64.5 Å². The highest BCUT2D eigenvalue weighted by atomic mass is 32.1. The van der Waals surface area contributed by atoms with E-state index in [1.165, 1.54) is 0 Å². The minimum absolute atomic E-state index is 0.524. The molecule has 0 aliphatic rings. The third-order valence-corrected chi connectivity index (χ3v) is 5.03. The fraction of sp³-hybridized carbons (Fsp3) is 0.143. The highest BCUT2D eigenvalue weighted by Gasteiger charge is 2.11. The van der Waals surface area contributed by atoms with Crippen molar-refractivity contribution >= 4 is 11.3 Å². The Morgan fingerprint density at radius 3 is 2.42 bits per heavy atom. The normalized spacial score (nSPS) is 10.8. The number of rotatable bonds is 5. The van der Waals surface area contributed by atoms with Crippen LogP contribution in [0.4, 0.5) is 0 Å². The van der Waals surface area contributed by atoms with E-state index in [9.17, 15) is 0 Å². The second kappa shape index (κ2) is 7.14. The van der Waals surface area contributed by atoms with E-state index in [-0.39, 0.29) is 0 Å². The molecule has 0 atom stereocenters. The summed E-state index contributed by atoms with van der Waals surface area (Å²) < 4.78 is 11.4. The zero-order valence-electron chi connectivity index (χ0n) is 14.6. The van der Waals surface area contributed by atoms with Crippen molar-refractivity contribution in [2.45, 2.75) is 20.5 Å². The quantitative estimate of drug-likeness (QED) is 0.459. The Hall–Kier alpha value is -2.92. The number of hydrogen-bond donors (Lipinski definition) is 0. The Bertz CT molecular complexity index is 985. The summed E-state index contributed by atoms with van der Waals surface area (Å²) in [7, 11) is 0. The van der Waals surface area contributed by atoms with E-state index in [1.54, 1.807) is 11.3 Å². The van der Waals surface area contributed by atoms with Gasteiger partial charge in [0.15, 0.2) is 0 Å². The maximum absolute atomic E-state index is 6.00. The Kier molecular flexibility index (Phi) is 4.54. The standard InChI is InChI=1S/C21H18N2O2S/c1-14-5-3-6-15(2)19(14)24-13-16-8-10-17(11-9-16)21-22-20(23-25-21)18-7-4-12-26-18/h3-12H,13H2,1-2H3. The highest BCUT2D eigenvalue weighted by Crippen LogP contribution is 2.26. The number of para-hydroxylation sites is 1. The van der Waals surface area contributed by atoms with Crippen LogP contribution >= 0.6 is 11.3 Å². The zero-order valence-corrected chi connectivity index (χ0v) is 15.4. The van der Waals surface area contributed by atoms with Crippen molar-refractivity contribution in [2.24, 2.45) is 0 Å². The van der Waals surface area contributed by atoms with Crippen LogP contribution in [0.1, 0.15) is 16.7 Å². The molecule has 0 aliphatic heterocycles. The van der Waals surface area contributed by atoms with Crippen LogP contribution in [0.5, 0.6) is 5.75 Å². The summed E-state index contributed by atoms with van der Waals surface area (Å²) in [5.74, 6) is 2.10. The number of ether oxygens (including phenoxy) is 1. The lowest BCUT2D eigenvalue weighted by Gasteiger charge is -2.12. The predicted octanol–water partition coefficient (Wildman–Crippen LogP) is 5.66. The Morgan fingerprint density at radius 1 is 0.962 bits per heavy atom. The molecule has 0 bridgehead atoms. The molecule has 0 N–H and O–H groups in total. The van der Waals surface area contributed by atoms with Gasteiger partial charge in [-0.2, -0.15) is 4.98 Å². The van der Waals surface area contributed by atoms with Gasteiger partial charge in [-0.15, -0.1) is 11.3 Å². The van der Waals surface area contributed by atoms with Gasteiger partial charge >= 0.3 is 0 Å². The molecule has 4 nitrogen and oxygen atoms in total. The number of aryl methyl sites for hydroxylation is 2. The van der Waals surface area contributed by atoms with Gasteiger partial charge in [0.2, 0.25) is 5.82 Å². The molecule has 0 amide bonds. The molecular formula is C21H18N2O2S. The third-order valence-electron chi connectivity index (χ3n) is 4.16. The summed E-state index contributed by atoms with van der Waals surface area (Å²) in [5, 5.41) is 6.05. The van der Waals surface area contributed by atoms with E-state index in [0.29, 0.717) is 18.3 Å². The number of nitrogens with zero attached hydrogens (tertiary/aromatic N) is 2. The molecule has 2 heterocycles. The zero-order chi connectivity index (χ0) is 17.9. The van der Waals surface area contributed by atoms with Crippen LogP contribution in [0.25, 0.3) is 22.2 Å². The van der Waals surface area contributed by atoms with Gasteiger partial charge in [0.25, 0.3) is 5.89 Å².